The number of methoxy groups -OCH3 is 1. The molecule has 1 fully saturated rings. The van der Waals surface area contributed by atoms with E-state index in [4.69, 9.17) is 18.6 Å². The molecule has 1 aliphatic heterocycles. The highest BCUT2D eigenvalue weighted by Crippen LogP contribution is 2.43. The van der Waals surface area contributed by atoms with Crippen molar-refractivity contribution in [3.63, 3.8) is 0 Å². The van der Waals surface area contributed by atoms with Crippen molar-refractivity contribution < 1.29 is 54.4 Å². The maximum Gasteiger partial charge on any atom is 0.239 e. The van der Waals surface area contributed by atoms with Gasteiger partial charge < -0.3 is 54.4 Å². The highest BCUT2D eigenvalue weighted by atomic mass is 16.7. The van der Waals surface area contributed by atoms with Gasteiger partial charge in [0.1, 0.15) is 41.1 Å². The topological polar surface area (TPSA) is 200 Å². The van der Waals surface area contributed by atoms with Gasteiger partial charge in [-0.15, -0.1) is 0 Å². The van der Waals surface area contributed by atoms with Gasteiger partial charge in [0.25, 0.3) is 0 Å². The lowest BCUT2D eigenvalue weighted by atomic mass is 9.99. The summed E-state index contributed by atoms with van der Waals surface area (Å²) in [6.07, 6.45) is -8.29. The number of rotatable bonds is 5. The van der Waals surface area contributed by atoms with Crippen molar-refractivity contribution in [3.05, 3.63) is 40.6 Å². The highest BCUT2D eigenvalue weighted by Gasteiger charge is 2.45. The molecule has 0 saturated carbocycles. The molecule has 182 valence electrons. The molecule has 1 saturated heterocycles. The summed E-state index contributed by atoms with van der Waals surface area (Å²) in [5.41, 5.74) is -0.951. The van der Waals surface area contributed by atoms with Crippen molar-refractivity contribution in [1.82, 2.24) is 0 Å². The lowest BCUT2D eigenvalue weighted by Crippen LogP contribution is -2.60. The molecule has 0 bridgehead atoms. The van der Waals surface area contributed by atoms with Crippen LogP contribution in [0.5, 0.6) is 28.7 Å². The standard InChI is InChI=1S/C22H22O12/c1-31-20-10(25)6-11-13(15(20)27)16(28)21(19(32-11)8-2-4-9(24)5-3-8)34-22-18(30)17(29)14(26)12(7-23)33-22/h2-6,12,14,17-18,22-27,29-30H,7H2,1H3/t12-,14+,17+,18-,22?/m1/s1. The molecule has 3 aromatic rings. The molecule has 0 aliphatic carbocycles. The van der Waals surface area contributed by atoms with Crippen molar-refractivity contribution >= 4 is 11.0 Å². The highest BCUT2D eigenvalue weighted by molar-refractivity contribution is 5.91. The Kier molecular flexibility index (Phi) is 6.25. The van der Waals surface area contributed by atoms with Crippen LogP contribution >= 0.6 is 0 Å². The molecule has 34 heavy (non-hydrogen) atoms. The molecule has 1 aliphatic rings. The van der Waals surface area contributed by atoms with E-state index in [0.717, 1.165) is 6.07 Å². The number of aromatic hydroxyl groups is 3. The molecule has 0 amide bonds. The van der Waals surface area contributed by atoms with Gasteiger partial charge in [0, 0.05) is 11.6 Å². The lowest BCUT2D eigenvalue weighted by molar-refractivity contribution is -0.277. The van der Waals surface area contributed by atoms with Crippen molar-refractivity contribution in [2.45, 2.75) is 30.7 Å². The summed E-state index contributed by atoms with van der Waals surface area (Å²) in [6, 6.07) is 6.45. The van der Waals surface area contributed by atoms with Gasteiger partial charge in [0.15, 0.2) is 17.3 Å². The lowest BCUT2D eigenvalue weighted by Gasteiger charge is -2.39. The Labute approximate surface area is 191 Å². The van der Waals surface area contributed by atoms with Crippen LogP contribution in [0.2, 0.25) is 0 Å². The predicted octanol–water partition coefficient (Wildman–Crippen LogP) is -0.236. The Hall–Kier alpha value is -3.55. The molecule has 0 radical (unpaired) electrons. The average Bonchev–Trinajstić information content (AvgIpc) is 2.81. The quantitative estimate of drug-likeness (QED) is 0.254. The number of aliphatic hydroxyl groups is 4. The third kappa shape index (κ3) is 3.87. The number of hydrogen-bond acceptors (Lipinski definition) is 12. The van der Waals surface area contributed by atoms with Crippen LogP contribution < -0.4 is 14.9 Å². The summed E-state index contributed by atoms with van der Waals surface area (Å²) in [5.74, 6) is -2.50. The zero-order chi connectivity index (χ0) is 24.7. The second-order valence-electron chi connectivity index (χ2n) is 7.60. The van der Waals surface area contributed by atoms with Gasteiger partial charge in [0.05, 0.1) is 13.7 Å². The molecule has 1 unspecified atom stereocenters. The number of benzene rings is 2. The van der Waals surface area contributed by atoms with Crippen molar-refractivity contribution in [1.29, 1.82) is 0 Å². The molecule has 12 heteroatoms. The summed E-state index contributed by atoms with van der Waals surface area (Å²) < 4.78 is 21.6. The first-order valence-electron chi connectivity index (χ1n) is 10.0. The van der Waals surface area contributed by atoms with E-state index in [1.807, 2.05) is 0 Å². The molecular weight excluding hydrogens is 456 g/mol. The van der Waals surface area contributed by atoms with Crippen molar-refractivity contribution in [2.24, 2.45) is 0 Å². The van der Waals surface area contributed by atoms with Crippen molar-refractivity contribution in [3.8, 4) is 40.1 Å². The molecule has 2 heterocycles. The van der Waals surface area contributed by atoms with Crippen LogP contribution in [0.1, 0.15) is 0 Å². The first kappa shape index (κ1) is 23.6. The Balaban J connectivity index is 1.93. The third-order valence-corrected chi connectivity index (χ3v) is 5.47. The van der Waals surface area contributed by atoms with E-state index in [1.165, 1.54) is 31.4 Å². The number of aliphatic hydroxyl groups excluding tert-OH is 4. The van der Waals surface area contributed by atoms with Gasteiger partial charge in [0.2, 0.25) is 23.2 Å². The maximum absolute atomic E-state index is 13.4. The summed E-state index contributed by atoms with van der Waals surface area (Å²) >= 11 is 0. The first-order valence-corrected chi connectivity index (χ1v) is 10.0. The van der Waals surface area contributed by atoms with Crippen LogP contribution in [0.25, 0.3) is 22.3 Å². The number of fused-ring (bicyclic) bond motifs is 1. The summed E-state index contributed by atoms with van der Waals surface area (Å²) in [4.78, 5) is 13.4. The van der Waals surface area contributed by atoms with Crippen LogP contribution in [0.15, 0.2) is 39.5 Å². The fourth-order valence-corrected chi connectivity index (χ4v) is 3.68. The zero-order valence-electron chi connectivity index (χ0n) is 17.7. The first-order chi connectivity index (χ1) is 16.2. The molecular formula is C22H22O12. The van der Waals surface area contributed by atoms with Gasteiger partial charge in [-0.2, -0.15) is 0 Å². The van der Waals surface area contributed by atoms with Crippen LogP contribution in [0.3, 0.4) is 0 Å². The Morgan fingerprint density at radius 3 is 2.26 bits per heavy atom. The summed E-state index contributed by atoms with van der Waals surface area (Å²) in [5, 5.41) is 69.6. The number of phenolic OH excluding ortho intramolecular Hbond substituents is 3. The molecule has 0 spiro atoms. The van der Waals surface area contributed by atoms with Crippen LogP contribution in [0.4, 0.5) is 0 Å². The van der Waals surface area contributed by atoms with E-state index in [2.05, 4.69) is 0 Å². The smallest absolute Gasteiger partial charge is 0.239 e. The summed E-state index contributed by atoms with van der Waals surface area (Å²) in [6.45, 7) is -0.723. The fraction of sp³-hybridized carbons (Fsp3) is 0.318. The number of phenols is 3. The molecule has 5 atom stereocenters. The number of ether oxygens (including phenoxy) is 3. The van der Waals surface area contributed by atoms with Gasteiger partial charge in [-0.1, -0.05) is 0 Å². The minimum Gasteiger partial charge on any atom is -0.508 e. The number of hydrogen-bond donors (Lipinski definition) is 7. The average molecular weight is 478 g/mol. The Morgan fingerprint density at radius 1 is 0.971 bits per heavy atom. The fourth-order valence-electron chi connectivity index (χ4n) is 3.68. The van der Waals surface area contributed by atoms with Gasteiger partial charge in [-0.25, -0.2) is 0 Å². The van der Waals surface area contributed by atoms with Gasteiger partial charge in [-0.05, 0) is 24.3 Å². The Bertz CT molecular complexity index is 1250. The van der Waals surface area contributed by atoms with Gasteiger partial charge >= 0.3 is 0 Å². The van der Waals surface area contributed by atoms with E-state index >= 15 is 0 Å². The molecule has 12 nitrogen and oxygen atoms in total. The normalized spacial score (nSPS) is 24.8. The second kappa shape index (κ2) is 9.00. The van der Waals surface area contributed by atoms with Crippen LogP contribution in [-0.2, 0) is 4.74 Å². The van der Waals surface area contributed by atoms with E-state index in [9.17, 15) is 40.5 Å². The zero-order valence-corrected chi connectivity index (χ0v) is 17.7. The molecule has 2 aromatic carbocycles. The summed E-state index contributed by atoms with van der Waals surface area (Å²) in [7, 11) is 1.17. The molecule has 1 aromatic heterocycles. The van der Waals surface area contributed by atoms with E-state index in [0.29, 0.717) is 0 Å². The minimum absolute atomic E-state index is 0.0803. The molecule has 7 N–H and O–H groups in total. The molecule has 4 rings (SSSR count). The van der Waals surface area contributed by atoms with Crippen LogP contribution in [0, 0.1) is 0 Å². The third-order valence-electron chi connectivity index (χ3n) is 5.47. The van der Waals surface area contributed by atoms with E-state index < -0.39 is 71.1 Å². The van der Waals surface area contributed by atoms with Crippen LogP contribution in [-0.4, -0.2) is 80.2 Å². The minimum atomic E-state index is -1.83. The Morgan fingerprint density at radius 2 is 1.65 bits per heavy atom. The van der Waals surface area contributed by atoms with Crippen molar-refractivity contribution in [2.75, 3.05) is 13.7 Å². The van der Waals surface area contributed by atoms with E-state index in [-0.39, 0.29) is 22.7 Å². The monoisotopic (exact) mass is 478 g/mol. The van der Waals surface area contributed by atoms with E-state index in [1.54, 1.807) is 0 Å². The second-order valence-corrected chi connectivity index (χ2v) is 7.60. The SMILES string of the molecule is COc1c(O)cc2oc(-c3ccc(O)cc3)c(OC3O[C@H](CO)[C@H](O)[C@H](O)[C@H]3O)c(=O)c2c1O. The van der Waals surface area contributed by atoms with Gasteiger partial charge in [-0.3, -0.25) is 4.79 Å². The largest absolute Gasteiger partial charge is 0.508 e. The maximum atomic E-state index is 13.4. The predicted molar refractivity (Wildman–Crippen MR) is 114 cm³/mol.